The van der Waals surface area contributed by atoms with Crippen molar-refractivity contribution >= 4 is 33.4 Å². The Morgan fingerprint density at radius 3 is 2.55 bits per heavy atom. The number of carbonyl (C=O) groups is 2. The van der Waals surface area contributed by atoms with Crippen LogP contribution in [-0.4, -0.2) is 23.3 Å². The summed E-state index contributed by atoms with van der Waals surface area (Å²) in [5.41, 5.74) is 4.68. The molecule has 0 fully saturated rings. The van der Waals surface area contributed by atoms with Gasteiger partial charge in [-0.25, -0.2) is 0 Å². The Balaban J connectivity index is 2.00. The molecule has 0 saturated heterocycles. The number of hydrogen-bond donors (Lipinski definition) is 2. The molecule has 2 aromatic rings. The molecule has 0 bridgehead atoms. The number of nitro groups is 1. The molecule has 154 valence electrons. The minimum absolute atomic E-state index is 0.0566. The van der Waals surface area contributed by atoms with E-state index in [1.54, 1.807) is 18.2 Å². The van der Waals surface area contributed by atoms with Crippen LogP contribution in [-0.2, 0) is 0 Å². The van der Waals surface area contributed by atoms with Gasteiger partial charge in [-0.2, -0.15) is 0 Å². The summed E-state index contributed by atoms with van der Waals surface area (Å²) >= 11 is 3.32. The molecular formula is C20H22BrN3O5. The highest BCUT2D eigenvalue weighted by Crippen LogP contribution is 2.23. The van der Waals surface area contributed by atoms with Crippen molar-refractivity contribution in [3.8, 4) is 5.75 Å². The first-order valence-corrected chi connectivity index (χ1v) is 9.99. The molecule has 0 radical (unpaired) electrons. The molecule has 8 nitrogen and oxygen atoms in total. The highest BCUT2D eigenvalue weighted by molar-refractivity contribution is 9.10. The van der Waals surface area contributed by atoms with Gasteiger partial charge < -0.3 is 4.74 Å². The first kappa shape index (κ1) is 22.4. The molecule has 2 aromatic carbocycles. The predicted octanol–water partition coefficient (Wildman–Crippen LogP) is 4.39. The number of nitrogens with one attached hydrogen (secondary N) is 2. The third-order valence-electron chi connectivity index (χ3n) is 4.05. The number of hydrogen-bond acceptors (Lipinski definition) is 5. The fourth-order valence-electron chi connectivity index (χ4n) is 2.53. The minimum atomic E-state index is -0.668. The summed E-state index contributed by atoms with van der Waals surface area (Å²) < 4.78 is 6.41. The molecule has 0 aliphatic rings. The maximum absolute atomic E-state index is 12.5. The zero-order chi connectivity index (χ0) is 21.2. The average molecular weight is 464 g/mol. The van der Waals surface area contributed by atoms with E-state index in [9.17, 15) is 19.7 Å². The van der Waals surface area contributed by atoms with E-state index in [0.717, 1.165) is 31.7 Å². The lowest BCUT2D eigenvalue weighted by Gasteiger charge is -2.13. The van der Waals surface area contributed by atoms with Crippen molar-refractivity contribution in [1.29, 1.82) is 0 Å². The number of carbonyl (C=O) groups excluding carboxylic acids is 2. The zero-order valence-electron chi connectivity index (χ0n) is 15.9. The standard InChI is InChI=1S/C20H22BrN3O5/c1-2-3-4-5-11-29-18-10-9-15(21)13-17(18)20(26)23-22-19(25)14-7-6-8-16(12-14)24(27)28/h6-10,12-13H,2-5,11H2,1H3,(H,22,25)(H,23,26). The van der Waals surface area contributed by atoms with Gasteiger partial charge in [-0.15, -0.1) is 0 Å². The molecule has 2 amide bonds. The molecule has 29 heavy (non-hydrogen) atoms. The van der Waals surface area contributed by atoms with Gasteiger partial charge in [0.1, 0.15) is 5.75 Å². The summed E-state index contributed by atoms with van der Waals surface area (Å²) in [5.74, 6) is -0.820. The largest absolute Gasteiger partial charge is 0.493 e. The monoisotopic (exact) mass is 463 g/mol. The number of halogens is 1. The second-order valence-corrected chi connectivity index (χ2v) is 7.18. The molecule has 0 atom stereocenters. The number of nitrogens with zero attached hydrogens (tertiary/aromatic N) is 1. The SMILES string of the molecule is CCCCCCOc1ccc(Br)cc1C(=O)NNC(=O)c1cccc([N+](=O)[O-])c1. The lowest BCUT2D eigenvalue weighted by molar-refractivity contribution is -0.384. The minimum Gasteiger partial charge on any atom is -0.493 e. The van der Waals surface area contributed by atoms with Crippen LogP contribution >= 0.6 is 15.9 Å². The third kappa shape index (κ3) is 6.86. The predicted molar refractivity (Wildman–Crippen MR) is 112 cm³/mol. The van der Waals surface area contributed by atoms with Crippen LogP contribution < -0.4 is 15.6 Å². The van der Waals surface area contributed by atoms with E-state index in [2.05, 4.69) is 33.7 Å². The number of amides is 2. The Labute approximate surface area is 176 Å². The van der Waals surface area contributed by atoms with Gasteiger partial charge in [-0.1, -0.05) is 48.2 Å². The Kier molecular flexibility index (Phi) is 8.60. The van der Waals surface area contributed by atoms with Gasteiger partial charge >= 0.3 is 0 Å². The van der Waals surface area contributed by atoms with Crippen molar-refractivity contribution in [1.82, 2.24) is 10.9 Å². The van der Waals surface area contributed by atoms with Crippen LogP contribution in [0.25, 0.3) is 0 Å². The first-order valence-electron chi connectivity index (χ1n) is 9.20. The van der Waals surface area contributed by atoms with Crippen molar-refractivity contribution in [2.75, 3.05) is 6.61 Å². The third-order valence-corrected chi connectivity index (χ3v) is 4.54. The molecule has 0 spiro atoms. The molecule has 0 heterocycles. The molecule has 9 heteroatoms. The van der Waals surface area contributed by atoms with Crippen molar-refractivity contribution < 1.29 is 19.2 Å². The maximum atomic E-state index is 12.5. The fourth-order valence-corrected chi connectivity index (χ4v) is 2.89. The quantitative estimate of drug-likeness (QED) is 0.325. The topological polar surface area (TPSA) is 111 Å². The fraction of sp³-hybridized carbons (Fsp3) is 0.300. The van der Waals surface area contributed by atoms with Crippen molar-refractivity contribution in [2.45, 2.75) is 32.6 Å². The Morgan fingerprint density at radius 1 is 1.07 bits per heavy atom. The molecule has 0 aromatic heterocycles. The van der Waals surface area contributed by atoms with Gasteiger partial charge in [-0.05, 0) is 30.7 Å². The molecule has 0 aliphatic heterocycles. The number of rotatable bonds is 9. The summed E-state index contributed by atoms with van der Waals surface area (Å²) in [5, 5.41) is 10.8. The number of hydrazine groups is 1. The first-order chi connectivity index (χ1) is 13.9. The lowest BCUT2D eigenvalue weighted by atomic mass is 10.2. The van der Waals surface area contributed by atoms with Crippen LogP contribution in [0.1, 0.15) is 53.3 Å². The van der Waals surface area contributed by atoms with E-state index in [0.29, 0.717) is 16.8 Å². The van der Waals surface area contributed by atoms with Crippen LogP contribution in [0.15, 0.2) is 46.9 Å². The van der Waals surface area contributed by atoms with Crippen LogP contribution in [0.5, 0.6) is 5.75 Å². The Morgan fingerprint density at radius 2 is 1.83 bits per heavy atom. The average Bonchev–Trinajstić information content (AvgIpc) is 2.72. The van der Waals surface area contributed by atoms with Crippen LogP contribution in [0, 0.1) is 10.1 Å². The van der Waals surface area contributed by atoms with Crippen LogP contribution in [0.2, 0.25) is 0 Å². The smallest absolute Gasteiger partial charge is 0.273 e. The van der Waals surface area contributed by atoms with E-state index < -0.39 is 16.7 Å². The van der Waals surface area contributed by atoms with Gasteiger partial charge in [0.2, 0.25) is 0 Å². The van der Waals surface area contributed by atoms with E-state index in [-0.39, 0.29) is 16.8 Å². The van der Waals surface area contributed by atoms with E-state index >= 15 is 0 Å². The van der Waals surface area contributed by atoms with Crippen LogP contribution in [0.4, 0.5) is 5.69 Å². The lowest BCUT2D eigenvalue weighted by Crippen LogP contribution is -2.41. The van der Waals surface area contributed by atoms with E-state index in [1.165, 1.54) is 18.2 Å². The number of benzene rings is 2. The van der Waals surface area contributed by atoms with Gasteiger partial charge in [0.25, 0.3) is 17.5 Å². The van der Waals surface area contributed by atoms with E-state index in [4.69, 9.17) is 4.74 Å². The van der Waals surface area contributed by atoms with Crippen molar-refractivity contribution in [2.24, 2.45) is 0 Å². The molecule has 0 saturated carbocycles. The summed E-state index contributed by atoms with van der Waals surface area (Å²) in [7, 11) is 0. The Hall–Kier alpha value is -2.94. The molecule has 0 unspecified atom stereocenters. The second kappa shape index (κ2) is 11.2. The molecule has 2 rings (SSSR count). The maximum Gasteiger partial charge on any atom is 0.273 e. The van der Waals surface area contributed by atoms with Gasteiger partial charge in [0.15, 0.2) is 0 Å². The van der Waals surface area contributed by atoms with Crippen molar-refractivity contribution in [3.63, 3.8) is 0 Å². The highest BCUT2D eigenvalue weighted by Gasteiger charge is 2.16. The van der Waals surface area contributed by atoms with Gasteiger partial charge in [0, 0.05) is 22.2 Å². The summed E-state index contributed by atoms with van der Waals surface area (Å²) in [6.45, 7) is 2.61. The normalized spacial score (nSPS) is 10.3. The van der Waals surface area contributed by atoms with Gasteiger partial charge in [-0.3, -0.25) is 30.6 Å². The number of unbranched alkanes of at least 4 members (excludes halogenated alkanes) is 3. The summed E-state index contributed by atoms with van der Waals surface area (Å²) in [6, 6.07) is 10.3. The highest BCUT2D eigenvalue weighted by atomic mass is 79.9. The summed E-state index contributed by atoms with van der Waals surface area (Å²) in [4.78, 5) is 34.9. The molecular weight excluding hydrogens is 442 g/mol. The van der Waals surface area contributed by atoms with Crippen molar-refractivity contribution in [3.05, 3.63) is 68.2 Å². The van der Waals surface area contributed by atoms with Gasteiger partial charge in [0.05, 0.1) is 17.1 Å². The Bertz CT molecular complexity index is 888. The molecule has 2 N–H and O–H groups in total. The summed E-state index contributed by atoms with van der Waals surface area (Å²) in [6.07, 6.45) is 4.18. The second-order valence-electron chi connectivity index (χ2n) is 6.27. The van der Waals surface area contributed by atoms with E-state index in [1.807, 2.05) is 0 Å². The number of non-ortho nitro benzene ring substituents is 1. The molecule has 0 aliphatic carbocycles. The number of ether oxygens (including phenoxy) is 1. The zero-order valence-corrected chi connectivity index (χ0v) is 17.5. The van der Waals surface area contributed by atoms with Crippen LogP contribution in [0.3, 0.4) is 0 Å². The number of nitro benzene ring substituents is 1.